The summed E-state index contributed by atoms with van der Waals surface area (Å²) in [6.07, 6.45) is 0. The third-order valence-corrected chi connectivity index (χ3v) is 4.34. The fourth-order valence-corrected chi connectivity index (χ4v) is 3.08. The highest BCUT2D eigenvalue weighted by Gasteiger charge is 2.33. The summed E-state index contributed by atoms with van der Waals surface area (Å²) in [4.78, 5) is 19.4. The maximum atomic E-state index is 12.9. The molecule has 1 heterocycles. The third-order valence-electron chi connectivity index (χ3n) is 4.34. The Kier molecular flexibility index (Phi) is 4.13. The van der Waals surface area contributed by atoms with Crippen LogP contribution in [-0.2, 0) is 13.1 Å². The van der Waals surface area contributed by atoms with E-state index in [2.05, 4.69) is 0 Å². The summed E-state index contributed by atoms with van der Waals surface area (Å²) in [6, 6.07) is 27.8. The number of nitrogens with zero attached hydrogens (tertiary/aromatic N) is 2. The summed E-state index contributed by atoms with van der Waals surface area (Å²) >= 11 is 0. The molecule has 122 valence electrons. The number of amidine groups is 1. The minimum atomic E-state index is 0.0197. The average Bonchev–Trinajstić information content (AvgIpc) is 2.94. The van der Waals surface area contributed by atoms with Gasteiger partial charge in [-0.05, 0) is 17.2 Å². The van der Waals surface area contributed by atoms with Crippen LogP contribution < -0.4 is 0 Å². The minimum Gasteiger partial charge on any atom is -0.288 e. The number of amides is 1. The molecule has 0 saturated carbocycles. The Labute approximate surface area is 147 Å². The molecule has 25 heavy (non-hydrogen) atoms. The molecule has 4 rings (SSSR count). The van der Waals surface area contributed by atoms with Crippen LogP contribution in [0.2, 0.25) is 0 Å². The molecule has 0 N–H and O–H groups in total. The molecule has 0 radical (unpaired) electrons. The number of aliphatic imine (C=N–C) groups is 1. The van der Waals surface area contributed by atoms with Gasteiger partial charge in [-0.15, -0.1) is 0 Å². The van der Waals surface area contributed by atoms with Crippen molar-refractivity contribution in [1.82, 2.24) is 4.90 Å². The Hall–Kier alpha value is -3.20. The summed E-state index contributed by atoms with van der Waals surface area (Å²) in [6.45, 7) is 1.09. The first-order valence-electron chi connectivity index (χ1n) is 8.36. The number of carbonyl (C=O) groups is 1. The van der Waals surface area contributed by atoms with Crippen molar-refractivity contribution in [3.63, 3.8) is 0 Å². The van der Waals surface area contributed by atoms with Crippen LogP contribution in [0.15, 0.2) is 89.9 Å². The molecule has 0 aromatic heterocycles. The van der Waals surface area contributed by atoms with Crippen LogP contribution in [0.5, 0.6) is 0 Å². The lowest BCUT2D eigenvalue weighted by atomic mass is 10.1. The second kappa shape index (κ2) is 6.73. The molecule has 0 unspecified atom stereocenters. The van der Waals surface area contributed by atoms with Crippen molar-refractivity contribution >= 4 is 11.7 Å². The van der Waals surface area contributed by atoms with Gasteiger partial charge in [-0.25, -0.2) is 0 Å². The van der Waals surface area contributed by atoms with Gasteiger partial charge in [-0.1, -0.05) is 78.9 Å². The molecule has 3 nitrogen and oxygen atoms in total. The fourth-order valence-electron chi connectivity index (χ4n) is 3.08. The Morgan fingerprint density at radius 1 is 0.680 bits per heavy atom. The Bertz CT molecular complexity index is 917. The van der Waals surface area contributed by atoms with Crippen LogP contribution in [-0.4, -0.2) is 16.6 Å². The van der Waals surface area contributed by atoms with Crippen molar-refractivity contribution < 1.29 is 4.79 Å². The second-order valence-electron chi connectivity index (χ2n) is 6.05. The normalized spacial score (nSPS) is 14.8. The summed E-state index contributed by atoms with van der Waals surface area (Å²) in [5.74, 6) is 0.777. The molecule has 1 aliphatic rings. The number of fused-ring (bicyclic) bond motifs is 1. The second-order valence-corrected chi connectivity index (χ2v) is 6.05. The summed E-state index contributed by atoms with van der Waals surface area (Å²) in [5.41, 5.74) is 3.87. The molecule has 0 saturated heterocycles. The highest BCUT2D eigenvalue weighted by molar-refractivity contribution is 6.23. The molecule has 0 atom stereocenters. The quantitative estimate of drug-likeness (QED) is 0.704. The number of hydrogen-bond donors (Lipinski definition) is 0. The zero-order valence-corrected chi connectivity index (χ0v) is 13.8. The van der Waals surface area contributed by atoms with E-state index >= 15 is 0 Å². The van der Waals surface area contributed by atoms with Crippen molar-refractivity contribution in [3.05, 3.63) is 107 Å². The number of carbonyl (C=O) groups excluding carboxylic acids is 1. The van der Waals surface area contributed by atoms with Crippen LogP contribution >= 0.6 is 0 Å². The highest BCUT2D eigenvalue weighted by atomic mass is 16.2. The van der Waals surface area contributed by atoms with E-state index in [4.69, 9.17) is 4.99 Å². The van der Waals surface area contributed by atoms with Gasteiger partial charge in [-0.2, -0.15) is 0 Å². The molecule has 3 heteroatoms. The van der Waals surface area contributed by atoms with Crippen molar-refractivity contribution in [2.24, 2.45) is 4.99 Å². The molecule has 1 aliphatic heterocycles. The van der Waals surface area contributed by atoms with Gasteiger partial charge in [0.05, 0.1) is 18.7 Å². The van der Waals surface area contributed by atoms with E-state index < -0.39 is 0 Å². The first-order valence-corrected chi connectivity index (χ1v) is 8.36. The van der Waals surface area contributed by atoms with E-state index in [1.54, 1.807) is 4.90 Å². The number of benzene rings is 3. The topological polar surface area (TPSA) is 32.7 Å². The van der Waals surface area contributed by atoms with Gasteiger partial charge in [-0.3, -0.25) is 14.7 Å². The van der Waals surface area contributed by atoms with E-state index in [1.165, 1.54) is 0 Å². The lowest BCUT2D eigenvalue weighted by molar-refractivity contribution is 0.0852. The summed E-state index contributed by atoms with van der Waals surface area (Å²) < 4.78 is 0. The van der Waals surface area contributed by atoms with E-state index in [0.29, 0.717) is 13.1 Å². The molecular weight excluding hydrogens is 308 g/mol. The number of hydrogen-bond acceptors (Lipinski definition) is 2. The molecule has 3 aromatic rings. The van der Waals surface area contributed by atoms with Crippen LogP contribution in [0.4, 0.5) is 0 Å². The molecule has 0 spiro atoms. The smallest absolute Gasteiger partial charge is 0.260 e. The van der Waals surface area contributed by atoms with Gasteiger partial charge in [0.25, 0.3) is 5.91 Å². The minimum absolute atomic E-state index is 0.0197. The van der Waals surface area contributed by atoms with E-state index in [1.807, 2.05) is 84.9 Å². The maximum Gasteiger partial charge on any atom is 0.260 e. The number of rotatable bonds is 4. The molecule has 0 aliphatic carbocycles. The van der Waals surface area contributed by atoms with Gasteiger partial charge in [0.15, 0.2) is 0 Å². The highest BCUT2D eigenvalue weighted by Crippen LogP contribution is 2.25. The molecular formula is C22H18N2O. The van der Waals surface area contributed by atoms with Crippen molar-refractivity contribution in [2.75, 3.05) is 0 Å². The SMILES string of the molecule is O=C1c2ccccc2/C(=N/Cc2ccccc2)N1Cc1ccccc1. The summed E-state index contributed by atoms with van der Waals surface area (Å²) in [5, 5.41) is 0. The Morgan fingerprint density at radius 2 is 1.24 bits per heavy atom. The van der Waals surface area contributed by atoms with Crippen LogP contribution in [0.1, 0.15) is 27.0 Å². The maximum absolute atomic E-state index is 12.9. The van der Waals surface area contributed by atoms with Crippen molar-refractivity contribution in [1.29, 1.82) is 0 Å². The first kappa shape index (κ1) is 15.3. The molecule has 1 amide bonds. The van der Waals surface area contributed by atoms with E-state index in [-0.39, 0.29) is 5.91 Å². The monoisotopic (exact) mass is 326 g/mol. The van der Waals surface area contributed by atoms with E-state index in [9.17, 15) is 4.79 Å². The summed E-state index contributed by atoms with van der Waals surface area (Å²) in [7, 11) is 0. The molecule has 0 bridgehead atoms. The Balaban J connectivity index is 1.70. The largest absolute Gasteiger partial charge is 0.288 e. The predicted octanol–water partition coefficient (Wildman–Crippen LogP) is 4.29. The average molecular weight is 326 g/mol. The van der Waals surface area contributed by atoms with Crippen LogP contribution in [0.3, 0.4) is 0 Å². The standard InChI is InChI=1S/C22H18N2O/c25-22-20-14-8-7-13-19(20)21(23-15-17-9-3-1-4-10-17)24(22)16-18-11-5-2-6-12-18/h1-14H,15-16H2/b23-21-. The van der Waals surface area contributed by atoms with Gasteiger partial charge in [0.2, 0.25) is 0 Å². The van der Waals surface area contributed by atoms with Gasteiger partial charge >= 0.3 is 0 Å². The third kappa shape index (κ3) is 3.09. The van der Waals surface area contributed by atoms with E-state index in [0.717, 1.165) is 28.1 Å². The van der Waals surface area contributed by atoms with Crippen LogP contribution in [0, 0.1) is 0 Å². The zero-order valence-electron chi connectivity index (χ0n) is 13.8. The Morgan fingerprint density at radius 3 is 1.92 bits per heavy atom. The zero-order chi connectivity index (χ0) is 17.1. The first-order chi connectivity index (χ1) is 12.3. The lowest BCUT2D eigenvalue weighted by Gasteiger charge is -2.17. The molecule has 0 fully saturated rings. The fraction of sp³-hybridized carbons (Fsp3) is 0.0909. The van der Waals surface area contributed by atoms with Crippen LogP contribution in [0.25, 0.3) is 0 Å². The lowest BCUT2D eigenvalue weighted by Crippen LogP contribution is -2.30. The van der Waals surface area contributed by atoms with Gasteiger partial charge < -0.3 is 0 Å². The van der Waals surface area contributed by atoms with Gasteiger partial charge in [0, 0.05) is 5.56 Å². The van der Waals surface area contributed by atoms with Gasteiger partial charge in [0.1, 0.15) is 5.84 Å². The van der Waals surface area contributed by atoms with Crippen molar-refractivity contribution in [2.45, 2.75) is 13.1 Å². The predicted molar refractivity (Wildman–Crippen MR) is 99.4 cm³/mol. The van der Waals surface area contributed by atoms with Crippen molar-refractivity contribution in [3.8, 4) is 0 Å². The molecule has 3 aromatic carbocycles.